The lowest BCUT2D eigenvalue weighted by molar-refractivity contribution is 0.669. The first-order valence-electron chi connectivity index (χ1n) is 16.4. The summed E-state index contributed by atoms with van der Waals surface area (Å²) in [5.41, 5.74) is 14.8. The van der Waals surface area contributed by atoms with Gasteiger partial charge in [0.1, 0.15) is 11.2 Å². The molecule has 2 aromatic heterocycles. The maximum atomic E-state index is 9.58. The highest BCUT2D eigenvalue weighted by Gasteiger charge is 2.25. The standard InChI is InChI=1S/C45H28N2O/c46-27-28-16-19-43-39(22-28)37-14-5-6-15-42(37)47(43)33-18-21-45-41(26-33)40-24-30(17-20-44(40)48-45)29-9-7-10-31(23-29)38-25-32-8-1-2-11-34(32)35-12-3-4-13-36(35)38/h1-24,26,38H,25H2. The molecular formula is C45H28N2O. The van der Waals surface area contributed by atoms with Crippen molar-refractivity contribution in [3.63, 3.8) is 0 Å². The molecule has 7 aromatic carbocycles. The quantitative estimate of drug-likeness (QED) is 0.199. The van der Waals surface area contributed by atoms with E-state index >= 15 is 0 Å². The summed E-state index contributed by atoms with van der Waals surface area (Å²) < 4.78 is 8.66. The highest BCUT2D eigenvalue weighted by Crippen LogP contribution is 2.43. The van der Waals surface area contributed by atoms with Crippen molar-refractivity contribution in [3.8, 4) is 34.0 Å². The van der Waals surface area contributed by atoms with Crippen LogP contribution in [0.5, 0.6) is 0 Å². The van der Waals surface area contributed by atoms with Crippen molar-refractivity contribution in [3.05, 3.63) is 174 Å². The fourth-order valence-corrected chi connectivity index (χ4v) is 7.97. The highest BCUT2D eigenvalue weighted by atomic mass is 16.3. The molecule has 0 fully saturated rings. The number of fused-ring (bicyclic) bond motifs is 9. The zero-order valence-corrected chi connectivity index (χ0v) is 26.0. The molecule has 3 nitrogen and oxygen atoms in total. The SMILES string of the molecule is N#Cc1ccc2c(c1)c1ccccc1n2-c1ccc2oc3ccc(-c4cccc(C5Cc6ccccc6-c6ccccc65)c4)cc3c2c1. The Hall–Kier alpha value is -6.37. The number of nitrogens with zero attached hydrogens (tertiary/aromatic N) is 2. The van der Waals surface area contributed by atoms with Gasteiger partial charge in [0, 0.05) is 33.2 Å². The average molecular weight is 613 g/mol. The Balaban J connectivity index is 1.10. The molecule has 0 N–H and O–H groups in total. The number of hydrogen-bond acceptors (Lipinski definition) is 2. The smallest absolute Gasteiger partial charge is 0.135 e. The van der Waals surface area contributed by atoms with Gasteiger partial charge in [-0.1, -0.05) is 97.1 Å². The molecule has 10 rings (SSSR count). The summed E-state index contributed by atoms with van der Waals surface area (Å²) >= 11 is 0. The Kier molecular flexibility index (Phi) is 5.76. The number of hydrogen-bond donors (Lipinski definition) is 0. The third-order valence-corrected chi connectivity index (χ3v) is 10.2. The molecule has 0 saturated heterocycles. The Labute approximate surface area is 277 Å². The third kappa shape index (κ3) is 4.00. The van der Waals surface area contributed by atoms with E-state index in [0.29, 0.717) is 11.5 Å². The van der Waals surface area contributed by atoms with E-state index in [1.165, 1.54) is 38.9 Å². The van der Waals surface area contributed by atoms with Gasteiger partial charge in [-0.05, 0) is 100.0 Å². The number of nitriles is 1. The fraction of sp³-hybridized carbons (Fsp3) is 0.0444. The van der Waals surface area contributed by atoms with Crippen molar-refractivity contribution in [1.29, 1.82) is 5.26 Å². The summed E-state index contributed by atoms with van der Waals surface area (Å²) in [7, 11) is 0. The molecule has 224 valence electrons. The molecule has 3 heteroatoms. The van der Waals surface area contributed by atoms with Crippen LogP contribution in [0.1, 0.15) is 28.2 Å². The molecule has 9 aromatic rings. The molecule has 1 aliphatic carbocycles. The van der Waals surface area contributed by atoms with Gasteiger partial charge in [0.2, 0.25) is 0 Å². The fourth-order valence-electron chi connectivity index (χ4n) is 7.97. The van der Waals surface area contributed by atoms with Crippen molar-refractivity contribution >= 4 is 43.7 Å². The van der Waals surface area contributed by atoms with Gasteiger partial charge in [0.25, 0.3) is 0 Å². The van der Waals surface area contributed by atoms with E-state index in [4.69, 9.17) is 4.42 Å². The van der Waals surface area contributed by atoms with Crippen molar-refractivity contribution in [2.45, 2.75) is 12.3 Å². The van der Waals surface area contributed by atoms with Gasteiger partial charge >= 0.3 is 0 Å². The van der Waals surface area contributed by atoms with E-state index in [1.54, 1.807) is 0 Å². The van der Waals surface area contributed by atoms with Gasteiger partial charge < -0.3 is 8.98 Å². The van der Waals surface area contributed by atoms with E-state index in [9.17, 15) is 5.26 Å². The molecule has 48 heavy (non-hydrogen) atoms. The van der Waals surface area contributed by atoms with Crippen LogP contribution in [0.4, 0.5) is 0 Å². The van der Waals surface area contributed by atoms with Crippen molar-refractivity contribution in [2.24, 2.45) is 0 Å². The summed E-state index contributed by atoms with van der Waals surface area (Å²) in [5, 5.41) is 14.0. The predicted octanol–water partition coefficient (Wildman–Crippen LogP) is 11.6. The van der Waals surface area contributed by atoms with Crippen LogP contribution < -0.4 is 0 Å². The minimum Gasteiger partial charge on any atom is -0.456 e. The summed E-state index contributed by atoms with van der Waals surface area (Å²) in [6.07, 6.45) is 0.991. The molecule has 1 atom stereocenters. The molecular weight excluding hydrogens is 585 g/mol. The lowest BCUT2D eigenvalue weighted by Crippen LogP contribution is -2.12. The van der Waals surface area contributed by atoms with Crippen molar-refractivity contribution < 1.29 is 4.42 Å². The molecule has 0 aliphatic heterocycles. The second-order valence-corrected chi connectivity index (χ2v) is 12.8. The number of furan rings is 1. The largest absolute Gasteiger partial charge is 0.456 e. The molecule has 1 unspecified atom stereocenters. The first-order chi connectivity index (χ1) is 23.7. The van der Waals surface area contributed by atoms with Crippen LogP contribution in [0, 0.1) is 11.3 Å². The first kappa shape index (κ1) is 26.8. The Morgan fingerprint density at radius 3 is 2.23 bits per heavy atom. The van der Waals surface area contributed by atoms with E-state index in [0.717, 1.165) is 55.9 Å². The normalized spacial score (nSPS) is 13.9. The number of aromatic nitrogens is 1. The van der Waals surface area contributed by atoms with Crippen LogP contribution in [0.15, 0.2) is 156 Å². The number of para-hydroxylation sites is 1. The van der Waals surface area contributed by atoms with E-state index in [2.05, 4.69) is 150 Å². The Bertz CT molecular complexity index is 2790. The van der Waals surface area contributed by atoms with Crippen LogP contribution >= 0.6 is 0 Å². The average Bonchev–Trinajstić information content (AvgIpc) is 3.69. The molecule has 0 radical (unpaired) electrons. The second-order valence-electron chi connectivity index (χ2n) is 12.8. The summed E-state index contributed by atoms with van der Waals surface area (Å²) in [5.74, 6) is 0.299. The van der Waals surface area contributed by atoms with Gasteiger partial charge in [-0.3, -0.25) is 0 Å². The predicted molar refractivity (Wildman–Crippen MR) is 196 cm³/mol. The molecule has 2 heterocycles. The maximum absolute atomic E-state index is 9.58. The Morgan fingerprint density at radius 1 is 0.562 bits per heavy atom. The van der Waals surface area contributed by atoms with Gasteiger partial charge in [0.05, 0.1) is 22.7 Å². The second kappa shape index (κ2) is 10.3. The van der Waals surface area contributed by atoms with Crippen LogP contribution in [0.2, 0.25) is 0 Å². The summed E-state index contributed by atoms with van der Waals surface area (Å²) in [6, 6.07) is 56.4. The van der Waals surface area contributed by atoms with Crippen molar-refractivity contribution in [2.75, 3.05) is 0 Å². The maximum Gasteiger partial charge on any atom is 0.135 e. The first-order valence-corrected chi connectivity index (χ1v) is 16.4. The number of rotatable bonds is 3. The summed E-state index contributed by atoms with van der Waals surface area (Å²) in [4.78, 5) is 0. The zero-order chi connectivity index (χ0) is 31.8. The van der Waals surface area contributed by atoms with Gasteiger partial charge in [0.15, 0.2) is 0 Å². The lowest BCUT2D eigenvalue weighted by Gasteiger charge is -2.28. The van der Waals surface area contributed by atoms with Crippen LogP contribution in [0.3, 0.4) is 0 Å². The monoisotopic (exact) mass is 612 g/mol. The molecule has 0 amide bonds. The van der Waals surface area contributed by atoms with Crippen molar-refractivity contribution in [1.82, 2.24) is 4.57 Å². The minimum atomic E-state index is 0.299. The van der Waals surface area contributed by atoms with Gasteiger partial charge in [-0.2, -0.15) is 5.26 Å². The van der Waals surface area contributed by atoms with Crippen LogP contribution in [0.25, 0.3) is 71.7 Å². The van der Waals surface area contributed by atoms with Gasteiger partial charge in [-0.25, -0.2) is 0 Å². The van der Waals surface area contributed by atoms with E-state index in [1.807, 2.05) is 12.1 Å². The summed E-state index contributed by atoms with van der Waals surface area (Å²) in [6.45, 7) is 0. The number of benzene rings is 7. The lowest BCUT2D eigenvalue weighted by atomic mass is 9.75. The highest BCUT2D eigenvalue weighted by molar-refractivity contribution is 6.11. The molecule has 0 spiro atoms. The molecule has 0 saturated carbocycles. The topological polar surface area (TPSA) is 41.9 Å². The molecule has 0 bridgehead atoms. The van der Waals surface area contributed by atoms with E-state index < -0.39 is 0 Å². The van der Waals surface area contributed by atoms with Crippen LogP contribution in [-0.2, 0) is 6.42 Å². The zero-order valence-electron chi connectivity index (χ0n) is 26.0. The van der Waals surface area contributed by atoms with Gasteiger partial charge in [-0.15, -0.1) is 0 Å². The van der Waals surface area contributed by atoms with Crippen LogP contribution in [-0.4, -0.2) is 4.57 Å². The molecule has 1 aliphatic rings. The third-order valence-electron chi connectivity index (χ3n) is 10.2. The minimum absolute atomic E-state index is 0.299. The van der Waals surface area contributed by atoms with E-state index in [-0.39, 0.29) is 0 Å². The Morgan fingerprint density at radius 2 is 1.31 bits per heavy atom.